The molecule has 0 bridgehead atoms. The number of carbonyl (C=O) groups excluding carboxylic acids is 1. The van der Waals surface area contributed by atoms with Crippen LogP contribution < -0.4 is 15.6 Å². The third-order valence-electron chi connectivity index (χ3n) is 8.40. The third-order valence-corrected chi connectivity index (χ3v) is 8.88. The molecule has 1 amide bonds. The fraction of sp³-hybridized carbons (Fsp3) is 0.237. The minimum Gasteiger partial charge on any atom is -0.476 e. The van der Waals surface area contributed by atoms with Crippen LogP contribution in [0.4, 0.5) is 5.69 Å². The van der Waals surface area contributed by atoms with Crippen LogP contribution in [0.2, 0.25) is 10.0 Å². The van der Waals surface area contributed by atoms with Gasteiger partial charge >= 0.3 is 0 Å². The van der Waals surface area contributed by atoms with Gasteiger partial charge in [0.15, 0.2) is 0 Å². The number of rotatable bonds is 11. The molecule has 11 heteroatoms. The molecule has 0 unspecified atom stereocenters. The van der Waals surface area contributed by atoms with Gasteiger partial charge in [0, 0.05) is 50.2 Å². The monoisotopic (exact) mass is 695 g/mol. The summed E-state index contributed by atoms with van der Waals surface area (Å²) in [6.45, 7) is 7.48. The molecule has 252 valence electrons. The topological polar surface area (TPSA) is 105 Å². The molecule has 0 aliphatic heterocycles. The smallest absolute Gasteiger partial charge is 0.289 e. The minimum absolute atomic E-state index is 0.171. The molecule has 0 spiro atoms. The number of hydrazine groups is 1. The van der Waals surface area contributed by atoms with Gasteiger partial charge in [-0.25, -0.2) is 20.8 Å². The highest BCUT2D eigenvalue weighted by atomic mass is 35.5. The molecule has 0 saturated carbocycles. The Morgan fingerprint density at radius 1 is 0.980 bits per heavy atom. The first-order valence-electron chi connectivity index (χ1n) is 15.9. The number of amides is 1. The highest BCUT2D eigenvalue weighted by molar-refractivity contribution is 6.31. The molecule has 6 aromatic rings. The summed E-state index contributed by atoms with van der Waals surface area (Å²) in [5.74, 6) is 6.47. The normalized spacial score (nSPS) is 12.4. The van der Waals surface area contributed by atoms with Crippen LogP contribution in [0.5, 0.6) is 5.88 Å². The van der Waals surface area contributed by atoms with Gasteiger partial charge in [0.1, 0.15) is 11.4 Å². The maximum atomic E-state index is 14.7. The van der Waals surface area contributed by atoms with E-state index in [1.807, 2.05) is 87.2 Å². The second-order valence-electron chi connectivity index (χ2n) is 13.2. The van der Waals surface area contributed by atoms with Crippen molar-refractivity contribution in [1.29, 1.82) is 0 Å². The zero-order valence-electron chi connectivity index (χ0n) is 28.1. The molecule has 0 fully saturated rings. The zero-order chi connectivity index (χ0) is 34.9. The van der Waals surface area contributed by atoms with Crippen molar-refractivity contribution in [2.24, 2.45) is 11.3 Å². The van der Waals surface area contributed by atoms with Crippen molar-refractivity contribution in [3.63, 3.8) is 0 Å². The SMILES string of the molecule is C[C@@H](c1ccc(Cl)cc1)n1cnc(-c2ccccc2)c1-c1c(C(=O)N(N)c2cccnc2OCC(C)(C)CN(C)C)[nH]c2cc(Cl)ccc12. The molecule has 0 radical (unpaired) electrons. The maximum absolute atomic E-state index is 14.7. The van der Waals surface area contributed by atoms with Gasteiger partial charge in [-0.15, -0.1) is 0 Å². The van der Waals surface area contributed by atoms with Crippen molar-refractivity contribution in [3.8, 4) is 28.4 Å². The van der Waals surface area contributed by atoms with Crippen LogP contribution in [-0.4, -0.2) is 57.6 Å². The predicted octanol–water partition coefficient (Wildman–Crippen LogP) is 8.50. The number of H-pyrrole nitrogens is 1. The molecule has 3 aromatic heterocycles. The fourth-order valence-corrected chi connectivity index (χ4v) is 6.56. The van der Waals surface area contributed by atoms with Gasteiger partial charge in [-0.3, -0.25) is 4.79 Å². The number of carbonyl (C=O) groups is 1. The van der Waals surface area contributed by atoms with Crippen LogP contribution in [0.15, 0.2) is 97.5 Å². The van der Waals surface area contributed by atoms with E-state index in [-0.39, 0.29) is 23.0 Å². The molecular weight excluding hydrogens is 657 g/mol. The predicted molar refractivity (Wildman–Crippen MR) is 198 cm³/mol. The lowest BCUT2D eigenvalue weighted by molar-refractivity contribution is 0.0981. The summed E-state index contributed by atoms with van der Waals surface area (Å²) >= 11 is 12.7. The average Bonchev–Trinajstić information content (AvgIpc) is 3.68. The summed E-state index contributed by atoms with van der Waals surface area (Å²) in [5.41, 5.74) is 5.11. The van der Waals surface area contributed by atoms with Gasteiger partial charge < -0.3 is 19.2 Å². The van der Waals surface area contributed by atoms with E-state index in [1.165, 1.54) is 0 Å². The molecule has 3 aromatic carbocycles. The minimum atomic E-state index is -0.487. The first kappa shape index (κ1) is 34.2. The Hall–Kier alpha value is -4.67. The lowest BCUT2D eigenvalue weighted by Crippen LogP contribution is -2.39. The lowest BCUT2D eigenvalue weighted by Gasteiger charge is -2.28. The average molecular weight is 697 g/mol. The number of aromatic amines is 1. The van der Waals surface area contributed by atoms with E-state index in [4.69, 9.17) is 38.8 Å². The molecule has 1 atom stereocenters. The Bertz CT molecular complexity index is 2090. The first-order chi connectivity index (χ1) is 23.4. The van der Waals surface area contributed by atoms with E-state index in [0.29, 0.717) is 39.1 Å². The van der Waals surface area contributed by atoms with Gasteiger partial charge in [0.05, 0.1) is 30.4 Å². The highest BCUT2D eigenvalue weighted by Gasteiger charge is 2.31. The zero-order valence-corrected chi connectivity index (χ0v) is 29.6. The molecule has 6 rings (SSSR count). The molecule has 0 aliphatic carbocycles. The highest BCUT2D eigenvalue weighted by Crippen LogP contribution is 2.42. The van der Waals surface area contributed by atoms with Crippen molar-refractivity contribution in [2.45, 2.75) is 26.8 Å². The second-order valence-corrected chi connectivity index (χ2v) is 14.1. The molecule has 3 N–H and O–H groups in total. The van der Waals surface area contributed by atoms with Crippen LogP contribution in [0, 0.1) is 5.41 Å². The number of ether oxygens (including phenoxy) is 1. The quantitative estimate of drug-likeness (QED) is 0.0800. The Morgan fingerprint density at radius 2 is 1.69 bits per heavy atom. The lowest BCUT2D eigenvalue weighted by atomic mass is 9.94. The van der Waals surface area contributed by atoms with E-state index in [9.17, 15) is 4.79 Å². The second kappa shape index (κ2) is 14.1. The summed E-state index contributed by atoms with van der Waals surface area (Å²) < 4.78 is 8.28. The molecule has 0 saturated heterocycles. The van der Waals surface area contributed by atoms with Gasteiger partial charge in [-0.2, -0.15) is 0 Å². The van der Waals surface area contributed by atoms with Crippen molar-refractivity contribution in [3.05, 3.63) is 119 Å². The summed E-state index contributed by atoms with van der Waals surface area (Å²) in [4.78, 5) is 29.5. The van der Waals surface area contributed by atoms with Gasteiger partial charge in [-0.1, -0.05) is 85.6 Å². The Kier molecular flexibility index (Phi) is 9.81. The number of halogens is 2. The number of pyridine rings is 1. The number of hydrogen-bond donors (Lipinski definition) is 2. The van der Waals surface area contributed by atoms with E-state index in [1.54, 1.807) is 24.4 Å². The molecule has 3 heterocycles. The number of nitrogens with two attached hydrogens (primary N) is 1. The van der Waals surface area contributed by atoms with Crippen LogP contribution in [-0.2, 0) is 0 Å². The Balaban J connectivity index is 1.50. The van der Waals surface area contributed by atoms with Crippen molar-refractivity contribution >= 4 is 45.7 Å². The Labute approximate surface area is 296 Å². The van der Waals surface area contributed by atoms with Crippen molar-refractivity contribution < 1.29 is 9.53 Å². The van der Waals surface area contributed by atoms with Gasteiger partial charge in [0.25, 0.3) is 5.91 Å². The van der Waals surface area contributed by atoms with E-state index in [0.717, 1.165) is 33.8 Å². The molecule has 0 aliphatic rings. The van der Waals surface area contributed by atoms with E-state index in [2.05, 4.69) is 40.2 Å². The van der Waals surface area contributed by atoms with Crippen LogP contribution in [0.3, 0.4) is 0 Å². The van der Waals surface area contributed by atoms with Crippen molar-refractivity contribution in [2.75, 3.05) is 32.3 Å². The summed E-state index contributed by atoms with van der Waals surface area (Å²) in [5, 5.41) is 3.05. The Morgan fingerprint density at radius 3 is 2.41 bits per heavy atom. The largest absolute Gasteiger partial charge is 0.476 e. The number of anilines is 1. The van der Waals surface area contributed by atoms with E-state index >= 15 is 0 Å². The number of hydrogen-bond acceptors (Lipinski definition) is 6. The number of nitrogens with one attached hydrogen (secondary N) is 1. The molecular formula is C38H39Cl2N7O2. The number of benzene rings is 3. The molecule has 9 nitrogen and oxygen atoms in total. The standard InChI is InChI=1S/C38H39Cl2N7O2/c1-24(25-13-15-27(39)16-14-25)46-23-43-33(26-10-7-6-8-11-26)35(46)32-29-18-17-28(40)20-30(29)44-34(32)37(48)47(41)31-12-9-19-42-36(31)49-22-38(2,3)21-45(4)5/h6-20,23-24,44H,21-22,41H2,1-5H3/t24-/m0/s1. The molecule has 49 heavy (non-hydrogen) atoms. The van der Waals surface area contributed by atoms with Crippen molar-refractivity contribution in [1.82, 2.24) is 24.4 Å². The maximum Gasteiger partial charge on any atom is 0.289 e. The summed E-state index contributed by atoms with van der Waals surface area (Å²) in [6.07, 6.45) is 3.43. The first-order valence-corrected chi connectivity index (χ1v) is 16.7. The number of fused-ring (bicyclic) bond motifs is 1. The van der Waals surface area contributed by atoms with E-state index < -0.39 is 5.91 Å². The number of nitrogens with zero attached hydrogens (tertiary/aromatic N) is 5. The van der Waals surface area contributed by atoms with Gasteiger partial charge in [-0.05, 0) is 63.0 Å². The fourth-order valence-electron chi connectivity index (χ4n) is 6.26. The summed E-state index contributed by atoms with van der Waals surface area (Å²) in [6, 6.07) is 26.4. The third kappa shape index (κ3) is 7.21. The van der Waals surface area contributed by atoms with Crippen LogP contribution in [0.25, 0.3) is 33.4 Å². The number of aromatic nitrogens is 4. The number of imidazole rings is 1. The van der Waals surface area contributed by atoms with Crippen LogP contribution >= 0.6 is 23.2 Å². The van der Waals surface area contributed by atoms with Crippen LogP contribution in [0.1, 0.15) is 42.9 Å². The summed E-state index contributed by atoms with van der Waals surface area (Å²) in [7, 11) is 4.04. The van der Waals surface area contributed by atoms with Gasteiger partial charge in [0.2, 0.25) is 5.88 Å².